The fraction of sp³-hybridized carbons (Fsp3) is 0.500. The quantitative estimate of drug-likeness (QED) is 0.453. The topological polar surface area (TPSA) is 72.7 Å². The van der Waals surface area contributed by atoms with E-state index >= 15 is 0 Å². The molecule has 1 fully saturated rings. The average Bonchev–Trinajstić information content (AvgIpc) is 2.58. The second kappa shape index (κ2) is 8.47. The molecule has 1 amide bonds. The summed E-state index contributed by atoms with van der Waals surface area (Å²) in [5.41, 5.74) is 0.536. The Balaban J connectivity index is 2.09. The predicted molar refractivity (Wildman–Crippen MR) is 92.9 cm³/mol. The van der Waals surface area contributed by atoms with Crippen LogP contribution in [-0.2, 0) is 4.79 Å². The lowest BCUT2D eigenvalue weighted by Gasteiger charge is -2.30. The van der Waals surface area contributed by atoms with Crippen LogP contribution in [0.25, 0.3) is 6.08 Å². The van der Waals surface area contributed by atoms with Crippen molar-refractivity contribution in [3.8, 4) is 5.75 Å². The lowest BCUT2D eigenvalue weighted by Crippen LogP contribution is -2.38. The highest BCUT2D eigenvalue weighted by Gasteiger charge is 2.19. The van der Waals surface area contributed by atoms with Gasteiger partial charge in [-0.2, -0.15) is 0 Å². The second-order valence-corrected chi connectivity index (χ2v) is 6.20. The Bertz CT molecular complexity index is 627. The van der Waals surface area contributed by atoms with E-state index in [0.29, 0.717) is 18.1 Å². The fourth-order valence-electron chi connectivity index (χ4n) is 2.78. The lowest BCUT2D eigenvalue weighted by molar-refractivity contribution is -0.385. The molecular formula is C18H24N2O4. The molecule has 0 saturated carbocycles. The number of likely N-dealkylation sites (tertiary alicyclic amines) is 1. The maximum absolute atomic E-state index is 12.2. The minimum absolute atomic E-state index is 0.0458. The number of nitro groups is 1. The maximum atomic E-state index is 12.2. The molecule has 1 aromatic rings. The van der Waals surface area contributed by atoms with Crippen LogP contribution in [0.3, 0.4) is 0 Å². The van der Waals surface area contributed by atoms with E-state index in [0.717, 1.165) is 32.4 Å². The molecule has 24 heavy (non-hydrogen) atoms. The molecule has 1 unspecified atom stereocenters. The van der Waals surface area contributed by atoms with Crippen molar-refractivity contribution in [3.63, 3.8) is 0 Å². The molecule has 0 spiro atoms. The third-order valence-electron chi connectivity index (χ3n) is 4.03. The average molecular weight is 332 g/mol. The van der Waals surface area contributed by atoms with Gasteiger partial charge in [-0.3, -0.25) is 14.9 Å². The molecule has 0 bridgehead atoms. The molecule has 6 heteroatoms. The number of nitro benzene ring substituents is 1. The normalized spacial score (nSPS) is 17.9. The van der Waals surface area contributed by atoms with E-state index in [-0.39, 0.29) is 17.3 Å². The zero-order valence-corrected chi connectivity index (χ0v) is 14.2. The van der Waals surface area contributed by atoms with Crippen LogP contribution in [0.1, 0.15) is 38.7 Å². The van der Waals surface area contributed by atoms with Crippen LogP contribution in [-0.4, -0.2) is 35.4 Å². The van der Waals surface area contributed by atoms with Crippen molar-refractivity contribution < 1.29 is 14.5 Å². The van der Waals surface area contributed by atoms with Gasteiger partial charge in [0.1, 0.15) is 0 Å². The van der Waals surface area contributed by atoms with Gasteiger partial charge >= 0.3 is 5.69 Å². The van der Waals surface area contributed by atoms with Crippen molar-refractivity contribution in [2.45, 2.75) is 33.1 Å². The molecule has 1 aliphatic rings. The van der Waals surface area contributed by atoms with Crippen LogP contribution in [0.5, 0.6) is 5.75 Å². The molecule has 0 N–H and O–H groups in total. The Morgan fingerprint density at radius 1 is 1.50 bits per heavy atom. The van der Waals surface area contributed by atoms with Crippen molar-refractivity contribution in [1.82, 2.24) is 4.90 Å². The molecular weight excluding hydrogens is 308 g/mol. The molecule has 2 rings (SSSR count). The van der Waals surface area contributed by atoms with Gasteiger partial charge in [0.05, 0.1) is 11.5 Å². The van der Waals surface area contributed by atoms with Crippen molar-refractivity contribution in [3.05, 3.63) is 40.0 Å². The van der Waals surface area contributed by atoms with Gasteiger partial charge in [0.2, 0.25) is 5.91 Å². The van der Waals surface area contributed by atoms with E-state index in [4.69, 9.17) is 4.74 Å². The highest BCUT2D eigenvalue weighted by atomic mass is 16.6. The first-order valence-electron chi connectivity index (χ1n) is 8.39. The molecule has 0 aromatic heterocycles. The Morgan fingerprint density at radius 3 is 2.96 bits per heavy atom. The number of amides is 1. The van der Waals surface area contributed by atoms with Crippen molar-refractivity contribution in [2.24, 2.45) is 5.92 Å². The van der Waals surface area contributed by atoms with Gasteiger partial charge in [-0.1, -0.05) is 19.9 Å². The standard InChI is InChI=1S/C18H24N2O4/c1-3-11-24-17-8-6-15(12-16(17)20(22)23)7-9-18(21)19-10-4-5-14(2)13-19/h6-9,12,14H,3-5,10-11,13H2,1-2H3/b9-7+. The molecule has 0 radical (unpaired) electrons. The van der Waals surface area contributed by atoms with Crippen LogP contribution in [0, 0.1) is 16.0 Å². The van der Waals surface area contributed by atoms with E-state index in [9.17, 15) is 14.9 Å². The van der Waals surface area contributed by atoms with Gasteiger partial charge in [-0.25, -0.2) is 0 Å². The zero-order chi connectivity index (χ0) is 17.5. The highest BCUT2D eigenvalue weighted by Crippen LogP contribution is 2.28. The number of piperidine rings is 1. The van der Waals surface area contributed by atoms with Crippen LogP contribution < -0.4 is 4.74 Å². The van der Waals surface area contributed by atoms with Crippen LogP contribution in [0.4, 0.5) is 5.69 Å². The summed E-state index contributed by atoms with van der Waals surface area (Å²) in [5.74, 6) is 0.734. The highest BCUT2D eigenvalue weighted by molar-refractivity contribution is 5.92. The van der Waals surface area contributed by atoms with Crippen LogP contribution in [0.2, 0.25) is 0 Å². The summed E-state index contributed by atoms with van der Waals surface area (Å²) < 4.78 is 5.39. The minimum Gasteiger partial charge on any atom is -0.487 e. The first-order valence-corrected chi connectivity index (χ1v) is 8.39. The number of hydrogen-bond donors (Lipinski definition) is 0. The van der Waals surface area contributed by atoms with E-state index < -0.39 is 4.92 Å². The monoisotopic (exact) mass is 332 g/mol. The zero-order valence-electron chi connectivity index (χ0n) is 14.2. The summed E-state index contributed by atoms with van der Waals surface area (Å²) in [6, 6.07) is 4.75. The molecule has 1 heterocycles. The van der Waals surface area contributed by atoms with Gasteiger partial charge in [-0.05, 0) is 42.9 Å². The first kappa shape index (κ1) is 18.0. The Hall–Kier alpha value is -2.37. The molecule has 1 aliphatic heterocycles. The van der Waals surface area contributed by atoms with E-state index in [1.165, 1.54) is 12.1 Å². The van der Waals surface area contributed by atoms with Gasteiger partial charge in [0.15, 0.2) is 5.75 Å². The Kier molecular flexibility index (Phi) is 6.35. The first-order chi connectivity index (χ1) is 11.5. The Labute approximate surface area is 142 Å². The SMILES string of the molecule is CCCOc1ccc(/C=C/C(=O)N2CCCC(C)C2)cc1[N+](=O)[O-]. The van der Waals surface area contributed by atoms with E-state index in [2.05, 4.69) is 6.92 Å². The number of carbonyl (C=O) groups is 1. The summed E-state index contributed by atoms with van der Waals surface area (Å²) in [5, 5.41) is 11.2. The molecule has 0 aliphatic carbocycles. The predicted octanol–water partition coefficient (Wildman–Crippen LogP) is 3.66. The second-order valence-electron chi connectivity index (χ2n) is 6.20. The molecule has 1 atom stereocenters. The van der Waals surface area contributed by atoms with Crippen LogP contribution >= 0.6 is 0 Å². The minimum atomic E-state index is -0.462. The number of benzene rings is 1. The van der Waals surface area contributed by atoms with E-state index in [1.54, 1.807) is 18.2 Å². The largest absolute Gasteiger partial charge is 0.487 e. The van der Waals surface area contributed by atoms with Gasteiger partial charge in [0, 0.05) is 25.2 Å². The summed E-state index contributed by atoms with van der Waals surface area (Å²) in [7, 11) is 0. The summed E-state index contributed by atoms with van der Waals surface area (Å²) >= 11 is 0. The van der Waals surface area contributed by atoms with E-state index in [1.807, 2.05) is 11.8 Å². The van der Waals surface area contributed by atoms with Crippen molar-refractivity contribution >= 4 is 17.7 Å². The fourth-order valence-corrected chi connectivity index (χ4v) is 2.78. The van der Waals surface area contributed by atoms with Gasteiger partial charge in [0.25, 0.3) is 0 Å². The third kappa shape index (κ3) is 4.81. The molecule has 130 valence electrons. The summed E-state index contributed by atoms with van der Waals surface area (Å²) in [4.78, 5) is 24.8. The van der Waals surface area contributed by atoms with Crippen LogP contribution in [0.15, 0.2) is 24.3 Å². The number of rotatable bonds is 6. The Morgan fingerprint density at radius 2 is 2.29 bits per heavy atom. The lowest BCUT2D eigenvalue weighted by atomic mass is 10.0. The van der Waals surface area contributed by atoms with Crippen molar-refractivity contribution in [2.75, 3.05) is 19.7 Å². The molecule has 1 saturated heterocycles. The molecule has 6 nitrogen and oxygen atoms in total. The van der Waals surface area contributed by atoms with Gasteiger partial charge in [-0.15, -0.1) is 0 Å². The number of ether oxygens (including phenoxy) is 1. The van der Waals surface area contributed by atoms with Crippen molar-refractivity contribution in [1.29, 1.82) is 0 Å². The number of carbonyl (C=O) groups excluding carboxylic acids is 1. The molecule has 1 aromatic carbocycles. The maximum Gasteiger partial charge on any atom is 0.311 e. The summed E-state index contributed by atoms with van der Waals surface area (Å²) in [6.07, 6.45) is 6.07. The third-order valence-corrected chi connectivity index (χ3v) is 4.03. The van der Waals surface area contributed by atoms with Gasteiger partial charge < -0.3 is 9.64 Å². The number of nitrogens with zero attached hydrogens (tertiary/aromatic N) is 2. The number of hydrogen-bond acceptors (Lipinski definition) is 4. The summed E-state index contributed by atoms with van der Waals surface area (Å²) in [6.45, 7) is 6.06. The smallest absolute Gasteiger partial charge is 0.311 e.